The van der Waals surface area contributed by atoms with E-state index in [1.807, 2.05) is 20.8 Å². The summed E-state index contributed by atoms with van der Waals surface area (Å²) in [7, 11) is 0. The SMILES string of the molecule is CCCCCCCCC=CCCCCCCC(C)C(=O)NCCCC(CNC(=O)C1OC(C)(C)OCC1(C)C)C(=O)O. The second-order valence-corrected chi connectivity index (χ2v) is 13.3. The van der Waals surface area contributed by atoms with E-state index in [-0.39, 0.29) is 24.3 Å². The summed E-state index contributed by atoms with van der Waals surface area (Å²) in [6.07, 6.45) is 20.7. The average Bonchev–Trinajstić information content (AvgIpc) is 2.93. The summed E-state index contributed by atoms with van der Waals surface area (Å²) in [4.78, 5) is 37.1. The number of ether oxygens (including phenoxy) is 2. The molecule has 8 heteroatoms. The molecule has 0 aliphatic carbocycles. The molecule has 3 unspecified atom stereocenters. The minimum Gasteiger partial charge on any atom is -0.481 e. The minimum atomic E-state index is -0.962. The van der Waals surface area contributed by atoms with Crippen LogP contribution < -0.4 is 10.6 Å². The summed E-state index contributed by atoms with van der Waals surface area (Å²) < 4.78 is 11.5. The number of nitrogens with one attached hydrogen (secondary N) is 2. The van der Waals surface area contributed by atoms with Crippen LogP contribution in [0.1, 0.15) is 138 Å². The predicted molar refractivity (Wildman–Crippen MR) is 169 cm³/mol. The Morgan fingerprint density at radius 1 is 0.857 bits per heavy atom. The first-order chi connectivity index (χ1) is 19.9. The molecule has 244 valence electrons. The monoisotopic (exact) mass is 594 g/mol. The van der Waals surface area contributed by atoms with Crippen molar-refractivity contribution in [2.45, 2.75) is 150 Å². The quantitative estimate of drug-likeness (QED) is 0.0854. The first kappa shape index (κ1) is 38.1. The van der Waals surface area contributed by atoms with Gasteiger partial charge in [-0.05, 0) is 58.8 Å². The van der Waals surface area contributed by atoms with E-state index in [4.69, 9.17) is 9.47 Å². The molecule has 3 atom stereocenters. The van der Waals surface area contributed by atoms with Crippen LogP contribution in [0.15, 0.2) is 12.2 Å². The molecule has 1 aliphatic rings. The summed E-state index contributed by atoms with van der Waals surface area (Å²) in [5.74, 6) is -2.92. The molecule has 0 aromatic carbocycles. The number of allylic oxidation sites excluding steroid dienone is 2. The lowest BCUT2D eigenvalue weighted by Crippen LogP contribution is -2.57. The number of carboxylic acids is 1. The van der Waals surface area contributed by atoms with Gasteiger partial charge in [0.1, 0.15) is 6.10 Å². The second kappa shape index (κ2) is 20.9. The first-order valence-electron chi connectivity index (χ1n) is 16.6. The molecule has 3 N–H and O–H groups in total. The molecule has 0 radical (unpaired) electrons. The number of carbonyl (C=O) groups excluding carboxylic acids is 2. The Labute approximate surface area is 256 Å². The van der Waals surface area contributed by atoms with E-state index in [1.54, 1.807) is 13.8 Å². The molecular formula is C34H62N2O6. The van der Waals surface area contributed by atoms with Gasteiger partial charge in [0.05, 0.1) is 12.5 Å². The van der Waals surface area contributed by atoms with Crippen LogP contribution in [0.2, 0.25) is 0 Å². The number of hydrogen-bond donors (Lipinski definition) is 3. The number of carbonyl (C=O) groups is 3. The van der Waals surface area contributed by atoms with Crippen LogP contribution in [0.3, 0.4) is 0 Å². The van der Waals surface area contributed by atoms with Crippen LogP contribution >= 0.6 is 0 Å². The van der Waals surface area contributed by atoms with Crippen LogP contribution in [-0.4, -0.2) is 54.5 Å². The number of carboxylic acid groups (broad SMARTS) is 1. The molecule has 1 aliphatic heterocycles. The fourth-order valence-electron chi connectivity index (χ4n) is 5.16. The average molecular weight is 595 g/mol. The number of unbranched alkanes of at least 4 members (excludes halogenated alkanes) is 10. The van der Waals surface area contributed by atoms with Crippen molar-refractivity contribution >= 4 is 17.8 Å². The first-order valence-corrected chi connectivity index (χ1v) is 16.6. The number of rotatable bonds is 23. The van der Waals surface area contributed by atoms with Crippen LogP contribution in [0.4, 0.5) is 0 Å². The van der Waals surface area contributed by atoms with Crippen LogP contribution in [0.25, 0.3) is 0 Å². The van der Waals surface area contributed by atoms with Gasteiger partial charge in [-0.2, -0.15) is 0 Å². The largest absolute Gasteiger partial charge is 0.481 e. The third-order valence-corrected chi connectivity index (χ3v) is 8.14. The zero-order chi connectivity index (χ0) is 31.4. The van der Waals surface area contributed by atoms with Crippen LogP contribution in [-0.2, 0) is 23.9 Å². The lowest BCUT2D eigenvalue weighted by Gasteiger charge is -2.44. The maximum atomic E-state index is 12.8. The van der Waals surface area contributed by atoms with Gasteiger partial charge in [-0.15, -0.1) is 0 Å². The van der Waals surface area contributed by atoms with Crippen molar-refractivity contribution in [3.05, 3.63) is 12.2 Å². The summed E-state index contributed by atoms with van der Waals surface area (Å²) in [6, 6.07) is 0. The molecule has 0 aromatic heterocycles. The van der Waals surface area contributed by atoms with Gasteiger partial charge in [0.25, 0.3) is 0 Å². The lowest BCUT2D eigenvalue weighted by molar-refractivity contribution is -0.304. The summed E-state index contributed by atoms with van der Waals surface area (Å²) in [6.45, 7) is 12.3. The Morgan fingerprint density at radius 3 is 2.07 bits per heavy atom. The molecule has 0 bridgehead atoms. The van der Waals surface area contributed by atoms with Gasteiger partial charge in [0.15, 0.2) is 5.79 Å². The third kappa shape index (κ3) is 16.6. The van der Waals surface area contributed by atoms with E-state index in [2.05, 4.69) is 29.7 Å². The summed E-state index contributed by atoms with van der Waals surface area (Å²) in [5, 5.41) is 15.4. The van der Waals surface area contributed by atoms with Crippen molar-refractivity contribution in [1.82, 2.24) is 10.6 Å². The Kier molecular flexibility index (Phi) is 18.9. The highest BCUT2D eigenvalue weighted by molar-refractivity contribution is 5.82. The highest BCUT2D eigenvalue weighted by Crippen LogP contribution is 2.34. The number of aliphatic carboxylic acids is 1. The van der Waals surface area contributed by atoms with E-state index in [0.717, 1.165) is 25.7 Å². The van der Waals surface area contributed by atoms with Crippen molar-refractivity contribution in [3.63, 3.8) is 0 Å². The maximum absolute atomic E-state index is 12.8. The fourth-order valence-corrected chi connectivity index (χ4v) is 5.16. The lowest BCUT2D eigenvalue weighted by atomic mass is 9.85. The topological polar surface area (TPSA) is 114 Å². The highest BCUT2D eigenvalue weighted by Gasteiger charge is 2.45. The van der Waals surface area contributed by atoms with Crippen molar-refractivity contribution in [3.8, 4) is 0 Å². The second-order valence-electron chi connectivity index (χ2n) is 13.3. The third-order valence-electron chi connectivity index (χ3n) is 8.14. The predicted octanol–water partition coefficient (Wildman–Crippen LogP) is 7.16. The van der Waals surface area contributed by atoms with E-state index < -0.39 is 29.2 Å². The maximum Gasteiger partial charge on any atom is 0.308 e. The summed E-state index contributed by atoms with van der Waals surface area (Å²) >= 11 is 0. The van der Waals surface area contributed by atoms with Crippen LogP contribution in [0, 0.1) is 17.3 Å². The Balaban J connectivity index is 2.16. The number of hydrogen-bond acceptors (Lipinski definition) is 5. The Morgan fingerprint density at radius 2 is 1.45 bits per heavy atom. The molecular weight excluding hydrogens is 532 g/mol. The molecule has 1 fully saturated rings. The molecule has 8 nitrogen and oxygen atoms in total. The molecule has 42 heavy (non-hydrogen) atoms. The van der Waals surface area contributed by atoms with E-state index in [1.165, 1.54) is 57.8 Å². The van der Waals surface area contributed by atoms with Gasteiger partial charge >= 0.3 is 5.97 Å². The van der Waals surface area contributed by atoms with Crippen molar-refractivity contribution in [2.75, 3.05) is 19.7 Å². The molecule has 0 spiro atoms. The van der Waals surface area contributed by atoms with Gasteiger partial charge in [0.2, 0.25) is 11.8 Å². The van der Waals surface area contributed by atoms with Gasteiger partial charge < -0.3 is 25.2 Å². The van der Waals surface area contributed by atoms with E-state index in [9.17, 15) is 19.5 Å². The Bertz CT molecular complexity index is 810. The van der Waals surface area contributed by atoms with E-state index in [0.29, 0.717) is 26.0 Å². The van der Waals surface area contributed by atoms with E-state index >= 15 is 0 Å². The van der Waals surface area contributed by atoms with Gasteiger partial charge in [-0.3, -0.25) is 14.4 Å². The standard InChI is InChI=1S/C34H62N2O6/c1-7-8-9-10-11-12-13-14-15-16-17-18-19-20-22-27(2)30(37)35-24-21-23-28(32(39)40)25-36-31(38)29-33(3,4)26-41-34(5,6)42-29/h14-15,27-29H,7-13,16-26H2,1-6H3,(H,35,37)(H,36,38)(H,39,40). The van der Waals surface area contributed by atoms with Gasteiger partial charge in [-0.25, -0.2) is 0 Å². The highest BCUT2D eigenvalue weighted by atomic mass is 16.7. The smallest absolute Gasteiger partial charge is 0.308 e. The molecule has 1 saturated heterocycles. The summed E-state index contributed by atoms with van der Waals surface area (Å²) in [5.41, 5.74) is -0.524. The minimum absolute atomic E-state index is 0.0185. The normalized spacial score (nSPS) is 19.3. The van der Waals surface area contributed by atoms with Crippen LogP contribution in [0.5, 0.6) is 0 Å². The van der Waals surface area contributed by atoms with Gasteiger partial charge in [0, 0.05) is 24.4 Å². The molecule has 1 heterocycles. The van der Waals surface area contributed by atoms with Gasteiger partial charge in [-0.1, -0.05) is 91.2 Å². The van der Waals surface area contributed by atoms with Crippen molar-refractivity contribution < 1.29 is 29.0 Å². The van der Waals surface area contributed by atoms with Crippen molar-refractivity contribution in [2.24, 2.45) is 17.3 Å². The molecule has 0 saturated carbocycles. The van der Waals surface area contributed by atoms with Crippen molar-refractivity contribution in [1.29, 1.82) is 0 Å². The molecule has 2 amide bonds. The zero-order valence-corrected chi connectivity index (χ0v) is 27.6. The molecule has 1 rings (SSSR count). The number of amides is 2. The zero-order valence-electron chi connectivity index (χ0n) is 27.6. The molecule has 0 aromatic rings. The fraction of sp³-hybridized carbons (Fsp3) is 0.853. The Hall–Kier alpha value is -1.93.